The average molecular weight is 482 g/mol. The van der Waals surface area contributed by atoms with Crippen LogP contribution < -0.4 is 0 Å². The monoisotopic (exact) mass is 481 g/mol. The second kappa shape index (κ2) is 7.55. The van der Waals surface area contributed by atoms with Gasteiger partial charge in [-0.05, 0) is 63.5 Å². The van der Waals surface area contributed by atoms with E-state index in [-0.39, 0.29) is 5.70 Å². The lowest BCUT2D eigenvalue weighted by Gasteiger charge is -2.07. The van der Waals surface area contributed by atoms with Crippen molar-refractivity contribution >= 4 is 48.7 Å². The Morgan fingerprint density at radius 1 is 0.800 bits per heavy atom. The lowest BCUT2D eigenvalue weighted by Crippen LogP contribution is -1.91. The quantitative estimate of drug-likeness (QED) is 0.179. The van der Waals surface area contributed by atoms with Gasteiger partial charge in [0, 0.05) is 16.1 Å². The molecule has 7 rings (SSSR count). The first kappa shape index (κ1) is 20.0. The van der Waals surface area contributed by atoms with Crippen LogP contribution in [0.15, 0.2) is 96.0 Å². The van der Waals surface area contributed by atoms with Crippen LogP contribution in [0.3, 0.4) is 0 Å². The third-order valence-corrected chi connectivity index (χ3v) is 8.82. The van der Waals surface area contributed by atoms with Crippen molar-refractivity contribution in [2.24, 2.45) is 0 Å². The van der Waals surface area contributed by atoms with Gasteiger partial charge >= 0.3 is 0 Å². The van der Waals surface area contributed by atoms with Gasteiger partial charge in [-0.25, -0.2) is 10.1 Å². The summed E-state index contributed by atoms with van der Waals surface area (Å²) in [5.41, 5.74) is 9.64. The van der Waals surface area contributed by atoms with E-state index >= 15 is 0 Å². The average Bonchev–Trinajstić information content (AvgIpc) is 3.66. The van der Waals surface area contributed by atoms with Crippen LogP contribution in [0.2, 0.25) is 0 Å². The van der Waals surface area contributed by atoms with E-state index in [0.29, 0.717) is 0 Å². The molecule has 1 aliphatic rings. The third kappa shape index (κ3) is 2.80. The molecule has 0 saturated heterocycles. The zero-order valence-electron chi connectivity index (χ0n) is 18.3. The van der Waals surface area contributed by atoms with Gasteiger partial charge in [-0.3, -0.25) is 0 Å². The molecule has 5 heteroatoms. The van der Waals surface area contributed by atoms with Gasteiger partial charge in [0.1, 0.15) is 0 Å². The minimum atomic E-state index is 0.139. The van der Waals surface area contributed by atoms with E-state index in [1.807, 2.05) is 24.3 Å². The molecule has 3 nitrogen and oxygen atoms in total. The topological polar surface area (TPSA) is 33.1 Å². The van der Waals surface area contributed by atoms with E-state index in [1.165, 1.54) is 25.3 Å². The fraction of sp³-hybridized carbons (Fsp3) is 0. The summed E-state index contributed by atoms with van der Waals surface area (Å²) in [6.45, 7) is 7.59. The Kier molecular flexibility index (Phi) is 4.31. The molecular formula is C30H15N3S2. The summed E-state index contributed by atoms with van der Waals surface area (Å²) < 4.78 is 4.92. The summed E-state index contributed by atoms with van der Waals surface area (Å²) in [5, 5.41) is 11.8. The Morgan fingerprint density at radius 2 is 1.57 bits per heavy atom. The van der Waals surface area contributed by atoms with Gasteiger partial charge in [0.15, 0.2) is 0 Å². The van der Waals surface area contributed by atoms with Crippen molar-refractivity contribution in [3.63, 3.8) is 0 Å². The van der Waals surface area contributed by atoms with Gasteiger partial charge in [-0.15, -0.1) is 22.7 Å². The van der Waals surface area contributed by atoms with Crippen LogP contribution in [0.4, 0.5) is 0 Å². The number of benzene rings is 3. The zero-order valence-corrected chi connectivity index (χ0v) is 20.0. The first-order chi connectivity index (χ1) is 17.3. The van der Waals surface area contributed by atoms with E-state index < -0.39 is 0 Å². The second-order valence-electron chi connectivity index (χ2n) is 8.38. The smallest absolute Gasteiger partial charge is 0.270 e. The molecule has 1 aliphatic carbocycles. The number of allylic oxidation sites excluding steroid dienone is 1. The molecule has 0 radical (unpaired) electrons. The molecule has 0 amide bonds. The molecule has 0 saturated carbocycles. The molecule has 0 N–H and O–H groups in total. The predicted molar refractivity (Wildman–Crippen MR) is 146 cm³/mol. The second-order valence-corrected chi connectivity index (χ2v) is 10.4. The van der Waals surface area contributed by atoms with E-state index in [2.05, 4.69) is 81.5 Å². The Labute approximate surface area is 209 Å². The molecule has 0 aliphatic heterocycles. The Bertz CT molecular complexity index is 1900. The van der Waals surface area contributed by atoms with Crippen LogP contribution in [0, 0.1) is 17.9 Å². The zero-order chi connectivity index (χ0) is 23.5. The number of para-hydroxylation sites is 1. The number of hydrogen-bond donors (Lipinski definition) is 0. The number of hydrogen-bond acceptors (Lipinski definition) is 3. The van der Waals surface area contributed by atoms with Gasteiger partial charge in [0.05, 0.1) is 33.1 Å². The number of rotatable bonds is 2. The van der Waals surface area contributed by atoms with Crippen LogP contribution in [-0.4, -0.2) is 4.57 Å². The molecule has 0 atom stereocenters. The number of nitriles is 1. The van der Waals surface area contributed by atoms with Crippen LogP contribution in [0.1, 0.15) is 11.1 Å². The maximum absolute atomic E-state index is 9.69. The fourth-order valence-electron chi connectivity index (χ4n) is 5.10. The molecule has 3 aromatic heterocycles. The molecule has 0 bridgehead atoms. The van der Waals surface area contributed by atoms with Crippen LogP contribution in [-0.2, 0) is 0 Å². The molecule has 162 valence electrons. The Morgan fingerprint density at radius 3 is 2.37 bits per heavy atom. The standard InChI is InChI=1S/C30H15N3S2/c1-32-24(17-31)28-22-10-6-5-9-20(22)21-12-11-18(15-23(21)28)27-16-26-30(35-27)29-25(13-14-34-29)33(26)19-7-3-2-4-8-19/h2-16H/b28-24-. The van der Waals surface area contributed by atoms with Crippen LogP contribution in [0.25, 0.3) is 58.1 Å². The SMILES string of the molecule is [C-]#[N+]/C(C#N)=C1/c2ccccc2-c2ccc(-c3cc4c(s3)c3sccc3n4-c3ccccc3)cc21. The first-order valence-corrected chi connectivity index (χ1v) is 12.8. The first-order valence-electron chi connectivity index (χ1n) is 11.1. The van der Waals surface area contributed by atoms with E-state index in [0.717, 1.165) is 39.1 Å². The summed E-state index contributed by atoms with van der Waals surface area (Å²) in [4.78, 5) is 4.73. The van der Waals surface area contributed by atoms with Crippen molar-refractivity contribution in [3.8, 4) is 33.3 Å². The molecular weight excluding hydrogens is 466 g/mol. The van der Waals surface area contributed by atoms with Crippen LogP contribution in [0.5, 0.6) is 0 Å². The maximum atomic E-state index is 9.69. The minimum absolute atomic E-state index is 0.139. The largest absolute Gasteiger partial charge is 0.307 e. The van der Waals surface area contributed by atoms with E-state index in [1.54, 1.807) is 22.7 Å². The summed E-state index contributed by atoms with van der Waals surface area (Å²) in [5.74, 6) is 0. The van der Waals surface area contributed by atoms with Crippen LogP contribution >= 0.6 is 22.7 Å². The highest BCUT2D eigenvalue weighted by molar-refractivity contribution is 7.28. The van der Waals surface area contributed by atoms with Gasteiger partial charge < -0.3 is 4.57 Å². The Hall–Kier alpha value is -4.42. The van der Waals surface area contributed by atoms with Gasteiger partial charge in [0.25, 0.3) is 5.70 Å². The molecule has 3 heterocycles. The van der Waals surface area contributed by atoms with E-state index in [9.17, 15) is 5.26 Å². The predicted octanol–water partition coefficient (Wildman–Crippen LogP) is 8.76. The maximum Gasteiger partial charge on any atom is 0.270 e. The van der Waals surface area contributed by atoms with Gasteiger partial charge in [-0.2, -0.15) is 0 Å². The van der Waals surface area contributed by atoms with E-state index in [4.69, 9.17) is 6.57 Å². The highest BCUT2D eigenvalue weighted by Crippen LogP contribution is 2.49. The summed E-state index contributed by atoms with van der Waals surface area (Å²) in [6, 6.07) is 31.5. The highest BCUT2D eigenvalue weighted by atomic mass is 32.1. The number of aromatic nitrogens is 1. The van der Waals surface area contributed by atoms with Crippen molar-refractivity contribution in [2.75, 3.05) is 0 Å². The number of nitrogens with zero attached hydrogens (tertiary/aromatic N) is 3. The third-order valence-electron chi connectivity index (χ3n) is 6.57. The molecule has 6 aromatic rings. The van der Waals surface area contributed by atoms with Gasteiger partial charge in [0.2, 0.25) is 0 Å². The molecule has 0 unspecified atom stereocenters. The summed E-state index contributed by atoms with van der Waals surface area (Å²) in [6.07, 6.45) is 0. The summed E-state index contributed by atoms with van der Waals surface area (Å²) in [7, 11) is 0. The lowest BCUT2D eigenvalue weighted by atomic mass is 9.99. The normalized spacial score (nSPS) is 13.4. The number of thiophene rings is 2. The molecule has 0 fully saturated rings. The van der Waals surface area contributed by atoms with Crippen molar-refractivity contribution in [1.29, 1.82) is 5.26 Å². The van der Waals surface area contributed by atoms with Crippen molar-refractivity contribution in [2.45, 2.75) is 0 Å². The highest BCUT2D eigenvalue weighted by Gasteiger charge is 2.27. The van der Waals surface area contributed by atoms with Crippen molar-refractivity contribution in [3.05, 3.63) is 119 Å². The fourth-order valence-corrected chi connectivity index (χ4v) is 7.28. The number of fused-ring (bicyclic) bond motifs is 6. The molecule has 35 heavy (non-hydrogen) atoms. The molecule has 3 aromatic carbocycles. The van der Waals surface area contributed by atoms with Crippen molar-refractivity contribution in [1.82, 2.24) is 4.57 Å². The Balaban J connectivity index is 1.46. The minimum Gasteiger partial charge on any atom is -0.307 e. The molecule has 0 spiro atoms. The summed E-state index contributed by atoms with van der Waals surface area (Å²) >= 11 is 3.57. The van der Waals surface area contributed by atoms with Crippen molar-refractivity contribution < 1.29 is 0 Å². The lowest BCUT2D eigenvalue weighted by molar-refractivity contribution is 1.18. The van der Waals surface area contributed by atoms with Gasteiger partial charge in [-0.1, -0.05) is 54.6 Å².